The molecule has 140 valence electrons. The highest BCUT2D eigenvalue weighted by Crippen LogP contribution is 2.22. The number of esters is 1. The van der Waals surface area contributed by atoms with Gasteiger partial charge >= 0.3 is 5.97 Å². The summed E-state index contributed by atoms with van der Waals surface area (Å²) in [5.74, 6) is -2.15. The lowest BCUT2D eigenvalue weighted by Crippen LogP contribution is -2.58. The van der Waals surface area contributed by atoms with Crippen molar-refractivity contribution in [1.29, 1.82) is 0 Å². The molecule has 1 saturated carbocycles. The molecule has 0 bridgehead atoms. The van der Waals surface area contributed by atoms with Crippen LogP contribution in [0, 0.1) is 5.82 Å². The Labute approximate surface area is 151 Å². The maximum absolute atomic E-state index is 14.0. The Kier molecular flexibility index (Phi) is 5.85. The molecular weight excluding hydrogens is 339 g/mol. The van der Waals surface area contributed by atoms with Crippen LogP contribution < -0.4 is 5.32 Å². The molecule has 1 N–H and O–H groups in total. The first kappa shape index (κ1) is 18.4. The monoisotopic (exact) mass is 362 g/mol. The molecule has 26 heavy (non-hydrogen) atoms. The SMILES string of the molecule is O=C(CC1C(=O)NCCN1C(=O)c1ccccc1F)OC1CCCCC1. The highest BCUT2D eigenvalue weighted by molar-refractivity contribution is 5.99. The summed E-state index contributed by atoms with van der Waals surface area (Å²) >= 11 is 0. The highest BCUT2D eigenvalue weighted by Gasteiger charge is 2.36. The molecule has 1 saturated heterocycles. The van der Waals surface area contributed by atoms with Gasteiger partial charge in [0.25, 0.3) is 5.91 Å². The first-order valence-corrected chi connectivity index (χ1v) is 9.09. The van der Waals surface area contributed by atoms with Crippen molar-refractivity contribution < 1.29 is 23.5 Å². The van der Waals surface area contributed by atoms with Gasteiger partial charge in [-0.1, -0.05) is 18.6 Å². The van der Waals surface area contributed by atoms with Crippen molar-refractivity contribution in [1.82, 2.24) is 10.2 Å². The predicted molar refractivity (Wildman–Crippen MR) is 91.8 cm³/mol. The largest absolute Gasteiger partial charge is 0.462 e. The molecule has 1 aliphatic carbocycles. The number of nitrogens with zero attached hydrogens (tertiary/aromatic N) is 1. The number of nitrogens with one attached hydrogen (secondary N) is 1. The molecule has 1 heterocycles. The average Bonchev–Trinajstić information content (AvgIpc) is 2.64. The average molecular weight is 362 g/mol. The van der Waals surface area contributed by atoms with E-state index in [1.807, 2.05) is 0 Å². The minimum Gasteiger partial charge on any atom is -0.462 e. The highest BCUT2D eigenvalue weighted by atomic mass is 19.1. The summed E-state index contributed by atoms with van der Waals surface area (Å²) in [5, 5.41) is 2.66. The van der Waals surface area contributed by atoms with E-state index < -0.39 is 29.6 Å². The van der Waals surface area contributed by atoms with Crippen molar-refractivity contribution in [3.8, 4) is 0 Å². The number of hydrogen-bond acceptors (Lipinski definition) is 4. The molecule has 1 aliphatic heterocycles. The number of ether oxygens (including phenoxy) is 1. The van der Waals surface area contributed by atoms with Gasteiger partial charge in [-0.3, -0.25) is 14.4 Å². The Balaban J connectivity index is 1.70. The van der Waals surface area contributed by atoms with Gasteiger partial charge in [0.05, 0.1) is 12.0 Å². The molecule has 1 unspecified atom stereocenters. The Hall–Kier alpha value is -2.44. The lowest BCUT2D eigenvalue weighted by molar-refractivity contribution is -0.153. The normalized spacial score (nSPS) is 21.2. The maximum atomic E-state index is 14.0. The van der Waals surface area contributed by atoms with E-state index in [2.05, 4.69) is 5.32 Å². The summed E-state index contributed by atoms with van der Waals surface area (Å²) in [5.41, 5.74) is -0.104. The topological polar surface area (TPSA) is 75.7 Å². The van der Waals surface area contributed by atoms with Gasteiger partial charge in [0.15, 0.2) is 0 Å². The van der Waals surface area contributed by atoms with Crippen LogP contribution >= 0.6 is 0 Å². The van der Waals surface area contributed by atoms with Crippen LogP contribution in [0.4, 0.5) is 4.39 Å². The third-order valence-corrected chi connectivity index (χ3v) is 4.91. The van der Waals surface area contributed by atoms with Crippen molar-refractivity contribution in [3.63, 3.8) is 0 Å². The number of carbonyl (C=O) groups is 3. The van der Waals surface area contributed by atoms with E-state index in [0.29, 0.717) is 0 Å². The van der Waals surface area contributed by atoms with Gasteiger partial charge < -0.3 is 15.0 Å². The van der Waals surface area contributed by atoms with E-state index >= 15 is 0 Å². The first-order chi connectivity index (χ1) is 12.6. The Morgan fingerprint density at radius 1 is 1.19 bits per heavy atom. The number of hydrogen-bond donors (Lipinski definition) is 1. The van der Waals surface area contributed by atoms with Crippen molar-refractivity contribution in [3.05, 3.63) is 35.6 Å². The zero-order chi connectivity index (χ0) is 18.5. The van der Waals surface area contributed by atoms with Crippen molar-refractivity contribution in [2.45, 2.75) is 50.7 Å². The summed E-state index contributed by atoms with van der Waals surface area (Å²) in [6.45, 7) is 0.494. The molecule has 2 fully saturated rings. The second kappa shape index (κ2) is 8.29. The fraction of sp³-hybridized carbons (Fsp3) is 0.526. The van der Waals surface area contributed by atoms with Gasteiger partial charge in [-0.2, -0.15) is 0 Å². The fourth-order valence-corrected chi connectivity index (χ4v) is 3.52. The molecule has 1 aromatic rings. The molecular formula is C19H23FN2O4. The minimum atomic E-state index is -0.980. The summed E-state index contributed by atoms with van der Waals surface area (Å²) in [4.78, 5) is 38.5. The number of rotatable bonds is 4. The standard InChI is InChI=1S/C19H23FN2O4/c20-15-9-5-4-8-14(15)19(25)22-11-10-21-18(24)16(22)12-17(23)26-13-6-2-1-3-7-13/h4-5,8-9,13,16H,1-3,6-7,10-12H2,(H,21,24). The van der Waals surface area contributed by atoms with Crippen LogP contribution in [-0.2, 0) is 14.3 Å². The third-order valence-electron chi connectivity index (χ3n) is 4.91. The molecule has 1 atom stereocenters. The molecule has 0 aromatic heterocycles. The maximum Gasteiger partial charge on any atom is 0.308 e. The van der Waals surface area contributed by atoms with E-state index in [1.165, 1.54) is 23.1 Å². The van der Waals surface area contributed by atoms with Crippen molar-refractivity contribution in [2.75, 3.05) is 13.1 Å². The van der Waals surface area contributed by atoms with E-state index in [-0.39, 0.29) is 31.2 Å². The second-order valence-electron chi connectivity index (χ2n) is 6.74. The van der Waals surface area contributed by atoms with Gasteiger partial charge in [0.2, 0.25) is 5.91 Å². The fourth-order valence-electron chi connectivity index (χ4n) is 3.52. The van der Waals surface area contributed by atoms with Crippen LogP contribution in [0.2, 0.25) is 0 Å². The summed E-state index contributed by atoms with van der Waals surface area (Å²) < 4.78 is 19.4. The van der Waals surface area contributed by atoms with Crippen LogP contribution in [0.15, 0.2) is 24.3 Å². The minimum absolute atomic E-state index is 0.104. The number of carbonyl (C=O) groups excluding carboxylic acids is 3. The first-order valence-electron chi connectivity index (χ1n) is 9.09. The van der Waals surface area contributed by atoms with Gasteiger partial charge in [0.1, 0.15) is 18.0 Å². The molecule has 1 aromatic carbocycles. The van der Waals surface area contributed by atoms with E-state index in [9.17, 15) is 18.8 Å². The molecule has 2 aliphatic rings. The van der Waals surface area contributed by atoms with E-state index in [1.54, 1.807) is 6.07 Å². The van der Waals surface area contributed by atoms with Crippen LogP contribution in [0.5, 0.6) is 0 Å². The predicted octanol–water partition coefficient (Wildman–Crippen LogP) is 2.03. The quantitative estimate of drug-likeness (QED) is 0.832. The van der Waals surface area contributed by atoms with E-state index in [0.717, 1.165) is 32.1 Å². The second-order valence-corrected chi connectivity index (χ2v) is 6.74. The van der Waals surface area contributed by atoms with Gasteiger partial charge in [0, 0.05) is 13.1 Å². The summed E-state index contributed by atoms with van der Waals surface area (Å²) in [6, 6.07) is 4.65. The Morgan fingerprint density at radius 3 is 2.65 bits per heavy atom. The molecule has 7 heteroatoms. The zero-order valence-corrected chi connectivity index (χ0v) is 14.6. The lowest BCUT2D eigenvalue weighted by atomic mass is 9.98. The zero-order valence-electron chi connectivity index (χ0n) is 14.6. The third kappa shape index (κ3) is 4.20. The number of piperazine rings is 1. The Bertz CT molecular complexity index is 688. The summed E-state index contributed by atoms with van der Waals surface area (Å²) in [6.07, 6.45) is 4.53. The van der Waals surface area contributed by atoms with Gasteiger partial charge in [-0.25, -0.2) is 4.39 Å². The van der Waals surface area contributed by atoms with Gasteiger partial charge in [-0.15, -0.1) is 0 Å². The molecule has 6 nitrogen and oxygen atoms in total. The van der Waals surface area contributed by atoms with E-state index in [4.69, 9.17) is 4.74 Å². The molecule has 3 rings (SSSR count). The number of amides is 2. The number of halogens is 1. The molecule has 0 spiro atoms. The molecule has 2 amide bonds. The van der Waals surface area contributed by atoms with Crippen LogP contribution in [0.3, 0.4) is 0 Å². The van der Waals surface area contributed by atoms with Gasteiger partial charge in [-0.05, 0) is 37.8 Å². The van der Waals surface area contributed by atoms with Crippen LogP contribution in [-0.4, -0.2) is 47.9 Å². The van der Waals surface area contributed by atoms with Crippen molar-refractivity contribution >= 4 is 17.8 Å². The number of benzene rings is 1. The summed E-state index contributed by atoms with van der Waals surface area (Å²) in [7, 11) is 0. The Morgan fingerprint density at radius 2 is 1.92 bits per heavy atom. The molecule has 0 radical (unpaired) electrons. The van der Waals surface area contributed by atoms with Crippen LogP contribution in [0.1, 0.15) is 48.9 Å². The lowest BCUT2D eigenvalue weighted by Gasteiger charge is -2.35. The van der Waals surface area contributed by atoms with Crippen molar-refractivity contribution in [2.24, 2.45) is 0 Å². The van der Waals surface area contributed by atoms with Crippen LogP contribution in [0.25, 0.3) is 0 Å². The smallest absolute Gasteiger partial charge is 0.308 e.